The Morgan fingerprint density at radius 2 is 1.75 bits per heavy atom. The molecule has 0 N–H and O–H groups in total. The molecule has 0 aliphatic rings. The van der Waals surface area contributed by atoms with E-state index in [1.54, 1.807) is 0 Å². The molecule has 90 valence electrons. The van der Waals surface area contributed by atoms with Crippen LogP contribution < -0.4 is 4.74 Å². The van der Waals surface area contributed by atoms with Crippen molar-refractivity contribution >= 4 is 9.76 Å². The SMILES string of the molecule is CC(C)(C)C[SiH2]OCCOc1ccccc1. The Kier molecular flexibility index (Phi) is 5.56. The van der Waals surface area contributed by atoms with Crippen LogP contribution in [0.5, 0.6) is 5.75 Å². The molecule has 0 aliphatic carbocycles. The second kappa shape index (κ2) is 6.71. The van der Waals surface area contributed by atoms with E-state index in [0.29, 0.717) is 12.0 Å². The van der Waals surface area contributed by atoms with Gasteiger partial charge in [-0.2, -0.15) is 0 Å². The van der Waals surface area contributed by atoms with Gasteiger partial charge in [-0.25, -0.2) is 0 Å². The maximum atomic E-state index is 5.65. The van der Waals surface area contributed by atoms with Gasteiger partial charge < -0.3 is 9.16 Å². The van der Waals surface area contributed by atoms with Gasteiger partial charge in [0.2, 0.25) is 0 Å². The van der Waals surface area contributed by atoms with Gasteiger partial charge in [-0.05, 0) is 23.6 Å². The van der Waals surface area contributed by atoms with Crippen molar-refractivity contribution in [3.05, 3.63) is 30.3 Å². The van der Waals surface area contributed by atoms with Gasteiger partial charge in [0, 0.05) is 0 Å². The summed E-state index contributed by atoms with van der Waals surface area (Å²) in [5, 5.41) is 0. The third kappa shape index (κ3) is 6.64. The molecule has 0 amide bonds. The van der Waals surface area contributed by atoms with Gasteiger partial charge in [-0.1, -0.05) is 39.0 Å². The summed E-state index contributed by atoms with van der Waals surface area (Å²) in [5.41, 5.74) is 0.409. The van der Waals surface area contributed by atoms with Crippen LogP contribution in [-0.4, -0.2) is 23.0 Å². The van der Waals surface area contributed by atoms with E-state index in [-0.39, 0.29) is 9.76 Å². The largest absolute Gasteiger partial charge is 0.491 e. The Balaban J connectivity index is 2.01. The van der Waals surface area contributed by atoms with Crippen LogP contribution in [0.4, 0.5) is 0 Å². The summed E-state index contributed by atoms with van der Waals surface area (Å²) in [7, 11) is -0.373. The molecule has 0 fully saturated rings. The van der Waals surface area contributed by atoms with Crippen LogP contribution >= 0.6 is 0 Å². The van der Waals surface area contributed by atoms with Gasteiger partial charge in [0.25, 0.3) is 0 Å². The van der Waals surface area contributed by atoms with Crippen molar-refractivity contribution in [2.24, 2.45) is 5.41 Å². The molecule has 0 saturated heterocycles. The quantitative estimate of drug-likeness (QED) is 0.560. The summed E-state index contributed by atoms with van der Waals surface area (Å²) in [4.78, 5) is 0. The van der Waals surface area contributed by atoms with Gasteiger partial charge >= 0.3 is 0 Å². The van der Waals surface area contributed by atoms with Crippen LogP contribution in [0, 0.1) is 5.41 Å². The van der Waals surface area contributed by atoms with Gasteiger partial charge in [0.1, 0.15) is 12.4 Å². The molecule has 1 aromatic rings. The first kappa shape index (κ1) is 13.3. The minimum Gasteiger partial charge on any atom is -0.491 e. The molecule has 1 aromatic carbocycles. The number of rotatable bonds is 6. The molecule has 0 unspecified atom stereocenters. The van der Waals surface area contributed by atoms with E-state index in [4.69, 9.17) is 9.16 Å². The van der Waals surface area contributed by atoms with Gasteiger partial charge in [0.05, 0.1) is 6.61 Å². The predicted molar refractivity (Wildman–Crippen MR) is 70.7 cm³/mol. The molecule has 0 radical (unpaired) electrons. The van der Waals surface area contributed by atoms with Crippen molar-refractivity contribution in [1.82, 2.24) is 0 Å². The zero-order chi connectivity index (χ0) is 11.9. The lowest BCUT2D eigenvalue weighted by atomic mass is 10.0. The van der Waals surface area contributed by atoms with Crippen LogP contribution in [0.25, 0.3) is 0 Å². The summed E-state index contributed by atoms with van der Waals surface area (Å²) >= 11 is 0. The van der Waals surface area contributed by atoms with Crippen LogP contribution in [0.15, 0.2) is 30.3 Å². The molecule has 0 saturated carbocycles. The molecular formula is C13H22O2Si. The van der Waals surface area contributed by atoms with E-state index in [1.807, 2.05) is 30.3 Å². The highest BCUT2D eigenvalue weighted by molar-refractivity contribution is 6.27. The normalized spacial score (nSPS) is 12.2. The molecule has 0 heterocycles. The number of hydrogen-bond acceptors (Lipinski definition) is 2. The fraction of sp³-hybridized carbons (Fsp3) is 0.538. The number of para-hydroxylation sites is 1. The Labute approximate surface area is 101 Å². The van der Waals surface area contributed by atoms with Gasteiger partial charge in [-0.3, -0.25) is 0 Å². The fourth-order valence-electron chi connectivity index (χ4n) is 1.22. The molecule has 0 atom stereocenters. The zero-order valence-electron chi connectivity index (χ0n) is 10.5. The first-order valence-electron chi connectivity index (χ1n) is 5.83. The number of hydrogen-bond donors (Lipinski definition) is 0. The van der Waals surface area contributed by atoms with Gasteiger partial charge in [-0.15, -0.1) is 0 Å². The van der Waals surface area contributed by atoms with Crippen molar-refractivity contribution in [1.29, 1.82) is 0 Å². The highest BCUT2D eigenvalue weighted by atomic mass is 28.2. The number of ether oxygens (including phenoxy) is 1. The zero-order valence-corrected chi connectivity index (χ0v) is 11.9. The Morgan fingerprint density at radius 1 is 1.06 bits per heavy atom. The van der Waals surface area contributed by atoms with E-state index >= 15 is 0 Å². The molecule has 3 heteroatoms. The summed E-state index contributed by atoms with van der Waals surface area (Å²) in [6.07, 6.45) is 0. The Bertz CT molecular complexity index is 280. The van der Waals surface area contributed by atoms with E-state index < -0.39 is 0 Å². The number of benzene rings is 1. The van der Waals surface area contributed by atoms with E-state index in [2.05, 4.69) is 20.8 Å². The average Bonchev–Trinajstić information content (AvgIpc) is 2.23. The third-order valence-electron chi connectivity index (χ3n) is 2.24. The topological polar surface area (TPSA) is 18.5 Å². The van der Waals surface area contributed by atoms with Crippen molar-refractivity contribution in [3.63, 3.8) is 0 Å². The summed E-state index contributed by atoms with van der Waals surface area (Å²) in [6.45, 7) is 8.13. The molecule has 16 heavy (non-hydrogen) atoms. The van der Waals surface area contributed by atoms with Crippen molar-refractivity contribution < 1.29 is 9.16 Å². The third-order valence-corrected chi connectivity index (χ3v) is 4.52. The first-order chi connectivity index (χ1) is 7.58. The average molecular weight is 238 g/mol. The van der Waals surface area contributed by atoms with E-state index in [1.165, 1.54) is 6.04 Å². The monoisotopic (exact) mass is 238 g/mol. The minimum atomic E-state index is -0.373. The molecule has 0 bridgehead atoms. The van der Waals surface area contributed by atoms with Crippen molar-refractivity contribution in [2.45, 2.75) is 26.8 Å². The lowest BCUT2D eigenvalue weighted by Crippen LogP contribution is -2.14. The maximum Gasteiger partial charge on any atom is 0.162 e. The van der Waals surface area contributed by atoms with Gasteiger partial charge in [0.15, 0.2) is 9.76 Å². The smallest absolute Gasteiger partial charge is 0.162 e. The Morgan fingerprint density at radius 3 is 2.38 bits per heavy atom. The summed E-state index contributed by atoms with van der Waals surface area (Å²) in [5.74, 6) is 0.920. The fourth-order valence-corrected chi connectivity index (χ4v) is 2.29. The summed E-state index contributed by atoms with van der Waals surface area (Å²) in [6, 6.07) is 11.1. The second-order valence-electron chi connectivity index (χ2n) is 5.08. The second-order valence-corrected chi connectivity index (χ2v) is 6.40. The molecule has 2 nitrogen and oxygen atoms in total. The Hall–Kier alpha value is -0.803. The standard InChI is InChI=1S/C13H22O2Si/c1-13(2,3)11-16-15-10-9-14-12-7-5-4-6-8-12/h4-8H,9-11,16H2,1-3H3. The first-order valence-corrected chi connectivity index (χ1v) is 7.41. The minimum absolute atomic E-state index is 0.373. The summed E-state index contributed by atoms with van der Waals surface area (Å²) < 4.78 is 11.2. The molecule has 0 spiro atoms. The van der Waals surface area contributed by atoms with Crippen LogP contribution in [-0.2, 0) is 4.43 Å². The van der Waals surface area contributed by atoms with Crippen molar-refractivity contribution in [3.8, 4) is 5.75 Å². The highest BCUT2D eigenvalue weighted by Crippen LogP contribution is 2.18. The van der Waals surface area contributed by atoms with Crippen LogP contribution in [0.1, 0.15) is 20.8 Å². The highest BCUT2D eigenvalue weighted by Gasteiger charge is 2.09. The van der Waals surface area contributed by atoms with Crippen LogP contribution in [0.2, 0.25) is 6.04 Å². The van der Waals surface area contributed by atoms with E-state index in [0.717, 1.165) is 12.4 Å². The molecule has 0 aromatic heterocycles. The molecular weight excluding hydrogens is 216 g/mol. The lowest BCUT2D eigenvalue weighted by Gasteiger charge is -2.17. The molecule has 1 rings (SSSR count). The predicted octanol–water partition coefficient (Wildman–Crippen LogP) is 2.63. The molecule has 0 aliphatic heterocycles. The maximum absolute atomic E-state index is 5.65. The van der Waals surface area contributed by atoms with Crippen molar-refractivity contribution in [2.75, 3.05) is 13.2 Å². The lowest BCUT2D eigenvalue weighted by molar-refractivity contribution is 0.220. The van der Waals surface area contributed by atoms with Crippen LogP contribution in [0.3, 0.4) is 0 Å². The van der Waals surface area contributed by atoms with E-state index in [9.17, 15) is 0 Å².